The van der Waals surface area contributed by atoms with Crippen LogP contribution in [-0.2, 0) is 7.05 Å². The summed E-state index contributed by atoms with van der Waals surface area (Å²) in [5.74, 6) is 2.00. The van der Waals surface area contributed by atoms with E-state index in [0.29, 0.717) is 11.3 Å². The van der Waals surface area contributed by atoms with E-state index in [2.05, 4.69) is 21.1 Å². The van der Waals surface area contributed by atoms with Crippen molar-refractivity contribution in [2.45, 2.75) is 25.9 Å². The van der Waals surface area contributed by atoms with Crippen LogP contribution in [0.4, 0.5) is 5.82 Å². The molecule has 2 aromatic heterocycles. The number of nitriles is 1. The van der Waals surface area contributed by atoms with Crippen LogP contribution in [0, 0.1) is 18.3 Å². The van der Waals surface area contributed by atoms with E-state index in [9.17, 15) is 4.79 Å². The highest BCUT2D eigenvalue weighted by molar-refractivity contribution is 5.50. The predicted molar refractivity (Wildman–Crippen MR) is 100.0 cm³/mol. The summed E-state index contributed by atoms with van der Waals surface area (Å²) in [5.41, 5.74) is 1.35. The summed E-state index contributed by atoms with van der Waals surface area (Å²) in [7, 11) is 1.62. The monoisotopic (exact) mass is 364 g/mol. The van der Waals surface area contributed by atoms with E-state index >= 15 is 0 Å². The van der Waals surface area contributed by atoms with E-state index in [4.69, 9.17) is 10.00 Å². The molecule has 3 aromatic rings. The second-order valence-electron chi connectivity index (χ2n) is 6.77. The normalized spacial score (nSPS) is 15.1. The number of aromatic nitrogens is 4. The van der Waals surface area contributed by atoms with Crippen molar-refractivity contribution in [3.05, 3.63) is 52.1 Å². The number of fused-ring (bicyclic) bond motifs is 1. The third-order valence-electron chi connectivity index (χ3n) is 4.83. The van der Waals surface area contributed by atoms with E-state index in [-0.39, 0.29) is 11.8 Å². The van der Waals surface area contributed by atoms with Gasteiger partial charge >= 0.3 is 5.69 Å². The smallest absolute Gasteiger partial charge is 0.351 e. The molecule has 8 heteroatoms. The Kier molecular flexibility index (Phi) is 4.28. The first-order valence-electron chi connectivity index (χ1n) is 8.90. The minimum atomic E-state index is -0.196. The molecule has 1 fully saturated rings. The van der Waals surface area contributed by atoms with E-state index < -0.39 is 0 Å². The first kappa shape index (κ1) is 17.1. The van der Waals surface area contributed by atoms with Gasteiger partial charge in [-0.15, -0.1) is 5.10 Å². The van der Waals surface area contributed by atoms with Gasteiger partial charge in [0.25, 0.3) is 5.78 Å². The number of hydrogen-bond acceptors (Lipinski definition) is 6. The highest BCUT2D eigenvalue weighted by Crippen LogP contribution is 2.24. The van der Waals surface area contributed by atoms with Crippen molar-refractivity contribution in [1.29, 1.82) is 5.26 Å². The summed E-state index contributed by atoms with van der Waals surface area (Å²) in [6.07, 6.45) is 3.62. The Morgan fingerprint density at radius 1 is 1.30 bits per heavy atom. The van der Waals surface area contributed by atoms with E-state index in [1.54, 1.807) is 25.4 Å². The summed E-state index contributed by atoms with van der Waals surface area (Å²) in [6.45, 7) is 3.57. The molecule has 0 spiro atoms. The lowest BCUT2D eigenvalue weighted by Crippen LogP contribution is -2.39. The molecule has 3 heterocycles. The van der Waals surface area contributed by atoms with Crippen molar-refractivity contribution in [1.82, 2.24) is 19.2 Å². The first-order chi connectivity index (χ1) is 13.0. The summed E-state index contributed by atoms with van der Waals surface area (Å²) < 4.78 is 8.80. The minimum absolute atomic E-state index is 0.108. The van der Waals surface area contributed by atoms with Crippen molar-refractivity contribution < 1.29 is 4.74 Å². The lowest BCUT2D eigenvalue weighted by Gasteiger charge is -2.33. The third-order valence-corrected chi connectivity index (χ3v) is 4.83. The number of aryl methyl sites for hydroxylation is 2. The predicted octanol–water partition coefficient (Wildman–Crippen LogP) is 1.66. The summed E-state index contributed by atoms with van der Waals surface area (Å²) in [5, 5.41) is 13.2. The van der Waals surface area contributed by atoms with Crippen LogP contribution in [0.1, 0.15) is 24.0 Å². The molecule has 0 bridgehead atoms. The average molecular weight is 364 g/mol. The maximum absolute atomic E-state index is 12.0. The zero-order valence-electron chi connectivity index (χ0n) is 15.3. The molecule has 27 heavy (non-hydrogen) atoms. The van der Waals surface area contributed by atoms with Gasteiger partial charge in [0.05, 0.1) is 11.6 Å². The zero-order valence-corrected chi connectivity index (χ0v) is 15.3. The molecule has 138 valence electrons. The van der Waals surface area contributed by atoms with Crippen molar-refractivity contribution in [2.75, 3.05) is 18.0 Å². The molecule has 1 aliphatic rings. The van der Waals surface area contributed by atoms with Crippen LogP contribution in [0.3, 0.4) is 0 Å². The molecular weight excluding hydrogens is 344 g/mol. The fraction of sp³-hybridized carbons (Fsp3) is 0.368. The standard InChI is InChI=1S/C19H20N6O2/c1-13-12-25-18(22-23(2)19(25)26)21-17(13)24-8-6-15(7-9-24)27-16-5-3-4-14(10-16)11-20/h3-5,10,12,15H,6-9H2,1-2H3. The van der Waals surface area contributed by atoms with Gasteiger partial charge < -0.3 is 9.64 Å². The molecule has 0 unspecified atom stereocenters. The molecule has 0 radical (unpaired) electrons. The van der Waals surface area contributed by atoms with Crippen LogP contribution in [0.5, 0.6) is 5.75 Å². The van der Waals surface area contributed by atoms with E-state index in [1.165, 1.54) is 9.08 Å². The van der Waals surface area contributed by atoms with Crippen LogP contribution < -0.4 is 15.3 Å². The highest BCUT2D eigenvalue weighted by Gasteiger charge is 2.23. The van der Waals surface area contributed by atoms with Gasteiger partial charge in [0.15, 0.2) is 0 Å². The summed E-state index contributed by atoms with van der Waals surface area (Å²) in [4.78, 5) is 18.8. The quantitative estimate of drug-likeness (QED) is 0.702. The lowest BCUT2D eigenvalue weighted by atomic mass is 10.1. The summed E-state index contributed by atoms with van der Waals surface area (Å²) in [6, 6.07) is 9.38. The number of nitrogens with zero attached hydrogens (tertiary/aromatic N) is 6. The van der Waals surface area contributed by atoms with Gasteiger partial charge in [-0.1, -0.05) is 6.07 Å². The van der Waals surface area contributed by atoms with Crippen molar-refractivity contribution >= 4 is 11.6 Å². The Morgan fingerprint density at radius 3 is 2.81 bits per heavy atom. The molecule has 0 atom stereocenters. The molecule has 0 aliphatic carbocycles. The van der Waals surface area contributed by atoms with Gasteiger partial charge in [-0.05, 0) is 25.1 Å². The second kappa shape index (κ2) is 6.76. The van der Waals surface area contributed by atoms with Crippen LogP contribution in [-0.4, -0.2) is 38.4 Å². The molecule has 0 N–H and O–H groups in total. The van der Waals surface area contributed by atoms with Crippen LogP contribution >= 0.6 is 0 Å². The molecular formula is C19H20N6O2. The van der Waals surface area contributed by atoms with Gasteiger partial charge in [-0.2, -0.15) is 10.2 Å². The first-order valence-corrected chi connectivity index (χ1v) is 8.90. The van der Waals surface area contributed by atoms with Gasteiger partial charge in [0.2, 0.25) is 0 Å². The molecule has 0 amide bonds. The SMILES string of the molecule is Cc1cn2c(=O)n(C)nc2nc1N1CCC(Oc2cccc(C#N)c2)CC1. The molecule has 8 nitrogen and oxygen atoms in total. The van der Waals surface area contributed by atoms with Crippen molar-refractivity contribution in [3.63, 3.8) is 0 Å². The number of ether oxygens (including phenoxy) is 1. The van der Waals surface area contributed by atoms with Crippen LogP contribution in [0.25, 0.3) is 5.78 Å². The van der Waals surface area contributed by atoms with Crippen molar-refractivity contribution in [2.24, 2.45) is 7.05 Å². The molecule has 4 rings (SSSR count). The largest absolute Gasteiger partial charge is 0.490 e. The number of benzene rings is 1. The number of anilines is 1. The van der Waals surface area contributed by atoms with Gasteiger partial charge in [0.1, 0.15) is 17.7 Å². The van der Waals surface area contributed by atoms with Gasteiger partial charge in [-0.3, -0.25) is 0 Å². The Labute approximate surface area is 156 Å². The fourth-order valence-corrected chi connectivity index (χ4v) is 3.43. The topological polar surface area (TPSA) is 88.4 Å². The average Bonchev–Trinajstić information content (AvgIpc) is 2.95. The fourth-order valence-electron chi connectivity index (χ4n) is 3.43. The Bertz CT molecular complexity index is 1090. The second-order valence-corrected chi connectivity index (χ2v) is 6.77. The van der Waals surface area contributed by atoms with E-state index in [0.717, 1.165) is 43.1 Å². The maximum atomic E-state index is 12.0. The number of hydrogen-bond donors (Lipinski definition) is 0. The number of rotatable bonds is 3. The molecule has 1 saturated heterocycles. The summed E-state index contributed by atoms with van der Waals surface area (Å²) >= 11 is 0. The molecule has 1 aliphatic heterocycles. The van der Waals surface area contributed by atoms with Crippen LogP contribution in [0.15, 0.2) is 35.3 Å². The Balaban J connectivity index is 1.47. The molecule has 1 aromatic carbocycles. The third kappa shape index (κ3) is 3.24. The maximum Gasteiger partial charge on any atom is 0.351 e. The van der Waals surface area contributed by atoms with E-state index in [1.807, 2.05) is 19.1 Å². The number of piperidine rings is 1. The van der Waals surface area contributed by atoms with Gasteiger partial charge in [-0.25, -0.2) is 13.9 Å². The lowest BCUT2D eigenvalue weighted by molar-refractivity contribution is 0.170. The highest BCUT2D eigenvalue weighted by atomic mass is 16.5. The van der Waals surface area contributed by atoms with Crippen LogP contribution in [0.2, 0.25) is 0 Å². The Hall–Kier alpha value is -3.34. The van der Waals surface area contributed by atoms with Crippen molar-refractivity contribution in [3.8, 4) is 11.8 Å². The molecule has 0 saturated carbocycles. The zero-order chi connectivity index (χ0) is 19.0. The van der Waals surface area contributed by atoms with Gasteiger partial charge in [0, 0.05) is 44.7 Å². The minimum Gasteiger partial charge on any atom is -0.490 e. The Morgan fingerprint density at radius 2 is 2.07 bits per heavy atom.